The van der Waals surface area contributed by atoms with Crippen LogP contribution in [0.1, 0.15) is 20.3 Å². The van der Waals surface area contributed by atoms with Crippen LogP contribution < -0.4 is 5.32 Å². The molecule has 16 heavy (non-hydrogen) atoms. The molecule has 0 bridgehead atoms. The largest absolute Gasteiger partial charge is 0.379 e. The first kappa shape index (κ1) is 13.9. The van der Waals surface area contributed by atoms with E-state index in [2.05, 4.69) is 26.1 Å². The summed E-state index contributed by atoms with van der Waals surface area (Å²) in [6.07, 6.45) is 0.816. The third-order valence-corrected chi connectivity index (χ3v) is 3.73. The maximum Gasteiger partial charge on any atom is 0.234 e. The standard InChI is InChI=1S/C11H21BrN2O2/c1-3-10(12)11(15)13-9(2)8-14-4-6-16-7-5-14/h9-10H,3-8H2,1-2H3,(H,13,15). The van der Waals surface area contributed by atoms with Crippen LogP contribution in [-0.2, 0) is 9.53 Å². The number of morpholine rings is 1. The van der Waals surface area contributed by atoms with Crippen LogP contribution in [0.15, 0.2) is 0 Å². The zero-order valence-corrected chi connectivity index (χ0v) is 11.6. The molecular formula is C11H21BrN2O2. The number of amides is 1. The maximum atomic E-state index is 11.6. The zero-order chi connectivity index (χ0) is 12.0. The van der Waals surface area contributed by atoms with Gasteiger partial charge in [0.05, 0.1) is 18.0 Å². The van der Waals surface area contributed by atoms with Gasteiger partial charge in [-0.1, -0.05) is 22.9 Å². The van der Waals surface area contributed by atoms with Gasteiger partial charge >= 0.3 is 0 Å². The lowest BCUT2D eigenvalue weighted by atomic mass is 10.2. The van der Waals surface area contributed by atoms with Crippen LogP contribution in [0.5, 0.6) is 0 Å². The van der Waals surface area contributed by atoms with Gasteiger partial charge in [-0.3, -0.25) is 9.69 Å². The predicted molar refractivity (Wildman–Crippen MR) is 67.9 cm³/mol. The number of ether oxygens (including phenoxy) is 1. The highest BCUT2D eigenvalue weighted by atomic mass is 79.9. The van der Waals surface area contributed by atoms with Gasteiger partial charge in [-0.2, -0.15) is 0 Å². The Kier molecular flexibility index (Phi) is 6.31. The lowest BCUT2D eigenvalue weighted by Crippen LogP contribution is -2.47. The van der Waals surface area contributed by atoms with E-state index in [1.54, 1.807) is 0 Å². The number of carbonyl (C=O) groups excluding carboxylic acids is 1. The van der Waals surface area contributed by atoms with Crippen molar-refractivity contribution in [1.29, 1.82) is 0 Å². The van der Waals surface area contributed by atoms with Crippen molar-refractivity contribution < 1.29 is 9.53 Å². The molecule has 94 valence electrons. The first-order chi connectivity index (χ1) is 7.63. The van der Waals surface area contributed by atoms with Gasteiger partial charge in [0, 0.05) is 25.7 Å². The number of nitrogens with zero attached hydrogens (tertiary/aromatic N) is 1. The van der Waals surface area contributed by atoms with Gasteiger partial charge < -0.3 is 10.1 Å². The monoisotopic (exact) mass is 292 g/mol. The second-order valence-corrected chi connectivity index (χ2v) is 5.30. The highest BCUT2D eigenvalue weighted by Gasteiger charge is 2.18. The molecule has 1 amide bonds. The van der Waals surface area contributed by atoms with E-state index in [1.165, 1.54) is 0 Å². The summed E-state index contributed by atoms with van der Waals surface area (Å²) in [6.45, 7) is 8.47. The minimum absolute atomic E-state index is 0.0698. The minimum atomic E-state index is -0.0698. The Morgan fingerprint density at radius 3 is 2.69 bits per heavy atom. The molecule has 0 aromatic rings. The third kappa shape index (κ3) is 4.80. The van der Waals surface area contributed by atoms with Gasteiger partial charge in [0.2, 0.25) is 5.91 Å². The molecule has 0 aromatic carbocycles. The van der Waals surface area contributed by atoms with Gasteiger partial charge in [-0.25, -0.2) is 0 Å². The van der Waals surface area contributed by atoms with E-state index in [4.69, 9.17) is 4.74 Å². The van der Waals surface area contributed by atoms with Crippen LogP contribution in [0.25, 0.3) is 0 Å². The average Bonchev–Trinajstić information content (AvgIpc) is 2.29. The van der Waals surface area contributed by atoms with Gasteiger partial charge in [0.1, 0.15) is 0 Å². The molecule has 1 aliphatic heterocycles. The van der Waals surface area contributed by atoms with Gasteiger partial charge in [-0.15, -0.1) is 0 Å². The molecule has 1 fully saturated rings. The van der Waals surface area contributed by atoms with Crippen molar-refractivity contribution in [2.45, 2.75) is 31.1 Å². The number of rotatable bonds is 5. The maximum absolute atomic E-state index is 11.6. The number of carbonyl (C=O) groups is 1. The number of nitrogens with one attached hydrogen (secondary N) is 1. The molecule has 0 radical (unpaired) electrons. The fraction of sp³-hybridized carbons (Fsp3) is 0.909. The van der Waals surface area contributed by atoms with E-state index >= 15 is 0 Å². The van der Waals surface area contributed by atoms with Crippen molar-refractivity contribution >= 4 is 21.8 Å². The highest BCUT2D eigenvalue weighted by Crippen LogP contribution is 2.05. The van der Waals surface area contributed by atoms with E-state index in [-0.39, 0.29) is 16.8 Å². The SMILES string of the molecule is CCC(Br)C(=O)NC(C)CN1CCOCC1. The first-order valence-corrected chi connectivity index (χ1v) is 6.79. The van der Waals surface area contributed by atoms with Crippen LogP contribution in [0.3, 0.4) is 0 Å². The summed E-state index contributed by atoms with van der Waals surface area (Å²) in [5, 5.41) is 3.01. The predicted octanol–water partition coefficient (Wildman–Crippen LogP) is 0.997. The van der Waals surface area contributed by atoms with E-state index in [1.807, 2.05) is 13.8 Å². The number of halogens is 1. The molecule has 0 saturated carbocycles. The minimum Gasteiger partial charge on any atom is -0.379 e. The van der Waals surface area contributed by atoms with E-state index in [9.17, 15) is 4.79 Å². The Balaban J connectivity index is 2.23. The van der Waals surface area contributed by atoms with Crippen molar-refractivity contribution in [3.8, 4) is 0 Å². The molecule has 0 aromatic heterocycles. The van der Waals surface area contributed by atoms with E-state index < -0.39 is 0 Å². The summed E-state index contributed by atoms with van der Waals surface area (Å²) in [5.74, 6) is 0.0864. The summed E-state index contributed by atoms with van der Waals surface area (Å²) in [7, 11) is 0. The van der Waals surface area contributed by atoms with Gasteiger partial charge in [-0.05, 0) is 13.3 Å². The van der Waals surface area contributed by atoms with Crippen LogP contribution in [0.4, 0.5) is 0 Å². The normalized spacial score (nSPS) is 21.4. The molecule has 0 aliphatic carbocycles. The van der Waals surface area contributed by atoms with E-state index in [0.29, 0.717) is 0 Å². The summed E-state index contributed by atoms with van der Waals surface area (Å²) in [5.41, 5.74) is 0. The van der Waals surface area contributed by atoms with Crippen molar-refractivity contribution in [2.75, 3.05) is 32.8 Å². The number of alkyl halides is 1. The zero-order valence-electron chi connectivity index (χ0n) is 10.0. The molecule has 4 nitrogen and oxygen atoms in total. The Hall–Kier alpha value is -0.130. The fourth-order valence-electron chi connectivity index (χ4n) is 1.74. The molecule has 2 atom stereocenters. The summed E-state index contributed by atoms with van der Waals surface area (Å²) in [4.78, 5) is 13.9. The molecule has 1 rings (SSSR count). The molecule has 1 saturated heterocycles. The number of hydrogen-bond acceptors (Lipinski definition) is 3. The number of hydrogen-bond donors (Lipinski definition) is 1. The Morgan fingerprint density at radius 2 is 2.12 bits per heavy atom. The van der Waals surface area contributed by atoms with Crippen LogP contribution >= 0.6 is 15.9 Å². The van der Waals surface area contributed by atoms with Crippen molar-refractivity contribution in [3.05, 3.63) is 0 Å². The van der Waals surface area contributed by atoms with Crippen molar-refractivity contribution in [3.63, 3.8) is 0 Å². The lowest BCUT2D eigenvalue weighted by Gasteiger charge is -2.29. The highest BCUT2D eigenvalue weighted by molar-refractivity contribution is 9.10. The third-order valence-electron chi connectivity index (χ3n) is 2.67. The second kappa shape index (κ2) is 7.25. The van der Waals surface area contributed by atoms with Gasteiger partial charge in [0.25, 0.3) is 0 Å². The molecule has 2 unspecified atom stereocenters. The van der Waals surface area contributed by atoms with E-state index in [0.717, 1.165) is 39.3 Å². The van der Waals surface area contributed by atoms with Crippen molar-refractivity contribution in [1.82, 2.24) is 10.2 Å². The molecule has 0 spiro atoms. The quantitative estimate of drug-likeness (QED) is 0.769. The first-order valence-electron chi connectivity index (χ1n) is 5.88. The molecule has 1 N–H and O–H groups in total. The average molecular weight is 293 g/mol. The summed E-state index contributed by atoms with van der Waals surface area (Å²) < 4.78 is 5.28. The molecule has 5 heteroatoms. The fourth-order valence-corrected chi connectivity index (χ4v) is 1.87. The van der Waals surface area contributed by atoms with Crippen LogP contribution in [-0.4, -0.2) is 54.5 Å². The second-order valence-electron chi connectivity index (χ2n) is 4.20. The smallest absolute Gasteiger partial charge is 0.234 e. The van der Waals surface area contributed by atoms with Crippen LogP contribution in [0.2, 0.25) is 0 Å². The Bertz CT molecular complexity index is 220. The molecule has 1 aliphatic rings. The Morgan fingerprint density at radius 1 is 1.50 bits per heavy atom. The lowest BCUT2D eigenvalue weighted by molar-refractivity contribution is -0.121. The van der Waals surface area contributed by atoms with Crippen molar-refractivity contribution in [2.24, 2.45) is 0 Å². The Labute approximate surface area is 106 Å². The molecule has 1 heterocycles. The van der Waals surface area contributed by atoms with Gasteiger partial charge in [0.15, 0.2) is 0 Å². The van der Waals surface area contributed by atoms with Crippen LogP contribution in [0, 0.1) is 0 Å². The topological polar surface area (TPSA) is 41.6 Å². The summed E-state index contributed by atoms with van der Waals surface area (Å²) in [6, 6.07) is 0.192. The molecular weight excluding hydrogens is 272 g/mol. The summed E-state index contributed by atoms with van der Waals surface area (Å²) >= 11 is 3.35.